The van der Waals surface area contributed by atoms with E-state index in [0.717, 1.165) is 6.92 Å². The smallest absolute Gasteiger partial charge is 0.471 e. The zero-order chi connectivity index (χ0) is 42.8. The topological polar surface area (TPSA) is 223 Å². The molecule has 2 saturated heterocycles. The highest BCUT2D eigenvalue weighted by Crippen LogP contribution is 2.53. The molecule has 0 bridgehead atoms. The van der Waals surface area contributed by atoms with Gasteiger partial charge in [-0.3, -0.25) is 24.0 Å². The summed E-state index contributed by atoms with van der Waals surface area (Å²) in [6.45, 7) is 6.92. The molecule has 0 spiro atoms. The lowest BCUT2D eigenvalue weighted by Gasteiger charge is -2.48. The number of methoxy groups -OCH3 is 2. The quantitative estimate of drug-likeness (QED) is 0.180. The molecule has 1 amide bonds. The molecular formula is C39H44F3NO15. The summed E-state index contributed by atoms with van der Waals surface area (Å²) in [6, 6.07) is 2.71. The average molecular weight is 824 g/mol. The van der Waals surface area contributed by atoms with Crippen LogP contribution in [0.5, 0.6) is 17.2 Å². The van der Waals surface area contributed by atoms with Crippen LogP contribution in [0.1, 0.15) is 103 Å². The van der Waals surface area contributed by atoms with Crippen molar-refractivity contribution < 1.29 is 85.6 Å². The summed E-state index contributed by atoms with van der Waals surface area (Å²) < 4.78 is 81.9. The highest BCUT2D eigenvalue weighted by molar-refractivity contribution is 6.31. The summed E-state index contributed by atoms with van der Waals surface area (Å²) in [5.41, 5.74) is -5.49. The van der Waals surface area contributed by atoms with Crippen LogP contribution in [0.15, 0.2) is 18.2 Å². The molecule has 8 unspecified atom stereocenters. The molecule has 2 heterocycles. The molecule has 4 N–H and O–H groups in total. The average Bonchev–Trinajstić information content (AvgIpc) is 3.13. The number of hydrogen-bond donors (Lipinski definition) is 4. The number of halogens is 3. The minimum absolute atomic E-state index is 0.00863. The van der Waals surface area contributed by atoms with Gasteiger partial charge in [-0.1, -0.05) is 12.1 Å². The van der Waals surface area contributed by atoms with E-state index in [9.17, 15) is 52.5 Å². The van der Waals surface area contributed by atoms with Gasteiger partial charge in [-0.25, -0.2) is 0 Å². The second kappa shape index (κ2) is 15.5. The first-order valence-corrected chi connectivity index (χ1v) is 18.4. The number of aliphatic hydroxyl groups is 1. The Morgan fingerprint density at radius 1 is 0.914 bits per heavy atom. The first kappa shape index (κ1) is 42.9. The normalized spacial score (nSPS) is 32.1. The third-order valence-electron chi connectivity index (χ3n) is 11.3. The molecule has 0 saturated carbocycles. The Morgan fingerprint density at radius 3 is 2.17 bits per heavy atom. The Morgan fingerprint density at radius 2 is 1.57 bits per heavy atom. The third kappa shape index (κ3) is 7.54. The summed E-state index contributed by atoms with van der Waals surface area (Å²) >= 11 is 0. The predicted molar refractivity (Wildman–Crippen MR) is 189 cm³/mol. The first-order chi connectivity index (χ1) is 27.0. The summed E-state index contributed by atoms with van der Waals surface area (Å²) in [5, 5.41) is 36.9. The summed E-state index contributed by atoms with van der Waals surface area (Å²) in [5.74, 6) is -7.04. The van der Waals surface area contributed by atoms with Gasteiger partial charge in [-0.2, -0.15) is 13.2 Å². The highest BCUT2D eigenvalue weighted by Gasteiger charge is 2.53. The van der Waals surface area contributed by atoms with E-state index in [1.165, 1.54) is 46.3 Å². The van der Waals surface area contributed by atoms with Gasteiger partial charge in [0.15, 0.2) is 30.3 Å². The summed E-state index contributed by atoms with van der Waals surface area (Å²) in [6.07, 6.45) is -15.6. The standard InChI is InChI=1S/C39H44F3NO15/c1-15-34(58-25-14-37(5,53-7)35(16(2)55-25)56-18(4)45)21(43-36(50)39(40,41)42)11-24(54-15)57-23-13-38(51,17(3)44)12-20-27(23)33(49)29-28(31(20)47)30(46)19-9-8-10-22(52-6)26(19)32(29)48/h8-10,15-16,21,23-25,34-35,47,49,51H,11-14H2,1-7H3,(H,43,50)/t15?,16?,21?,23-,24?,25?,34?,35?,37?,38-/m0/s1. The predicted octanol–water partition coefficient (Wildman–Crippen LogP) is 3.24. The lowest BCUT2D eigenvalue weighted by atomic mass is 9.72. The molecule has 16 nitrogen and oxygen atoms in total. The largest absolute Gasteiger partial charge is 0.507 e. The molecule has 19 heteroatoms. The van der Waals surface area contributed by atoms with Crippen LogP contribution in [0.3, 0.4) is 0 Å². The monoisotopic (exact) mass is 823 g/mol. The number of rotatable bonds is 9. The lowest BCUT2D eigenvalue weighted by molar-refractivity contribution is -0.319. The molecule has 2 fully saturated rings. The molecule has 6 rings (SSSR count). The fourth-order valence-electron chi connectivity index (χ4n) is 8.37. The van der Waals surface area contributed by atoms with Gasteiger partial charge in [-0.15, -0.1) is 0 Å². The maximum absolute atomic E-state index is 14.0. The first-order valence-electron chi connectivity index (χ1n) is 18.4. The van der Waals surface area contributed by atoms with Gasteiger partial charge in [0, 0.05) is 56.4 Å². The van der Waals surface area contributed by atoms with Crippen molar-refractivity contribution >= 4 is 29.2 Å². The number of hydrogen-bond acceptors (Lipinski definition) is 15. The third-order valence-corrected chi connectivity index (χ3v) is 11.3. The number of phenols is 2. The van der Waals surface area contributed by atoms with Crippen molar-refractivity contribution in [2.75, 3.05) is 14.2 Å². The van der Waals surface area contributed by atoms with E-state index >= 15 is 0 Å². The number of alkyl halides is 3. The summed E-state index contributed by atoms with van der Waals surface area (Å²) in [7, 11) is 2.64. The maximum Gasteiger partial charge on any atom is 0.471 e. The molecule has 2 aromatic rings. The highest BCUT2D eigenvalue weighted by atomic mass is 19.4. The zero-order valence-electron chi connectivity index (χ0n) is 32.6. The fourth-order valence-corrected chi connectivity index (χ4v) is 8.37. The number of esters is 1. The van der Waals surface area contributed by atoms with Crippen molar-refractivity contribution in [3.8, 4) is 17.2 Å². The number of Topliss-reactive ketones (excluding diaryl/α,β-unsaturated/α-hetero) is 1. The SMILES string of the molecule is COc1cccc2c1C(=O)c1c(O)c3c(c(O)c1C2=O)C[C@@](O)(C(C)=O)C[C@@H]3OC1CC(NC(=O)C(F)(F)F)C(OC2CC(C)(OC)C(OC(C)=O)C(C)O2)C(C)O1. The number of aromatic hydroxyl groups is 2. The Balaban J connectivity index is 1.35. The Bertz CT molecular complexity index is 2040. The Labute approximate surface area is 329 Å². The molecular weight excluding hydrogens is 779 g/mol. The van der Waals surface area contributed by atoms with E-state index in [1.54, 1.807) is 13.8 Å². The lowest BCUT2D eigenvalue weighted by Crippen LogP contribution is -2.62. The van der Waals surface area contributed by atoms with Gasteiger partial charge in [-0.05, 0) is 33.8 Å². The van der Waals surface area contributed by atoms with E-state index in [4.69, 9.17) is 33.2 Å². The Kier molecular flexibility index (Phi) is 11.5. The summed E-state index contributed by atoms with van der Waals surface area (Å²) in [4.78, 5) is 64.9. The number of benzene rings is 2. The molecule has 4 aliphatic rings. The minimum Gasteiger partial charge on any atom is -0.507 e. The van der Waals surface area contributed by atoms with Crippen molar-refractivity contribution in [3.63, 3.8) is 0 Å². The Hall–Kier alpha value is -4.66. The van der Waals surface area contributed by atoms with Crippen LogP contribution < -0.4 is 10.1 Å². The van der Waals surface area contributed by atoms with Crippen molar-refractivity contribution in [1.82, 2.24) is 5.32 Å². The van der Waals surface area contributed by atoms with E-state index in [0.29, 0.717) is 0 Å². The van der Waals surface area contributed by atoms with Crippen LogP contribution >= 0.6 is 0 Å². The van der Waals surface area contributed by atoms with Crippen molar-refractivity contribution in [1.29, 1.82) is 0 Å². The number of carbonyl (C=O) groups excluding carboxylic acids is 5. The van der Waals surface area contributed by atoms with E-state index < -0.39 is 138 Å². The van der Waals surface area contributed by atoms with Crippen LogP contribution in [0.25, 0.3) is 0 Å². The molecule has 2 aromatic carbocycles. The fraction of sp³-hybridized carbons (Fsp3) is 0.564. The number of phenolic OH excluding ortho intramolecular Hbond substituents is 2. The van der Waals surface area contributed by atoms with Crippen molar-refractivity contribution in [3.05, 3.63) is 51.6 Å². The molecule has 2 aliphatic carbocycles. The van der Waals surface area contributed by atoms with Gasteiger partial charge in [0.05, 0.1) is 48.2 Å². The minimum atomic E-state index is -5.32. The van der Waals surface area contributed by atoms with Gasteiger partial charge < -0.3 is 53.8 Å². The zero-order valence-corrected chi connectivity index (χ0v) is 32.6. The number of nitrogens with one attached hydrogen (secondary N) is 1. The van der Waals surface area contributed by atoms with E-state index in [-0.39, 0.29) is 34.4 Å². The van der Waals surface area contributed by atoms with Crippen LogP contribution in [0, 0.1) is 0 Å². The van der Waals surface area contributed by atoms with Gasteiger partial charge in [0.1, 0.15) is 34.6 Å². The van der Waals surface area contributed by atoms with E-state index in [1.807, 2.05) is 5.32 Å². The van der Waals surface area contributed by atoms with Gasteiger partial charge in [0.2, 0.25) is 5.78 Å². The number of ether oxygens (including phenoxy) is 7. The van der Waals surface area contributed by atoms with Crippen LogP contribution in [-0.4, -0.2) is 119 Å². The number of carbonyl (C=O) groups is 5. The van der Waals surface area contributed by atoms with Crippen molar-refractivity contribution in [2.24, 2.45) is 0 Å². The molecule has 10 atom stereocenters. The maximum atomic E-state index is 14.0. The van der Waals surface area contributed by atoms with E-state index in [2.05, 4.69) is 0 Å². The number of ketones is 3. The molecule has 2 aliphatic heterocycles. The van der Waals surface area contributed by atoms with Crippen molar-refractivity contribution in [2.45, 2.75) is 127 Å². The van der Waals surface area contributed by atoms with Crippen LogP contribution in [0.2, 0.25) is 0 Å². The number of fused-ring (bicyclic) bond motifs is 3. The van der Waals surface area contributed by atoms with Crippen LogP contribution in [0.4, 0.5) is 13.2 Å². The molecule has 0 aromatic heterocycles. The second-order valence-electron chi connectivity index (χ2n) is 15.2. The molecule has 0 radical (unpaired) electrons. The van der Waals surface area contributed by atoms with Gasteiger partial charge in [0.25, 0.3) is 0 Å². The molecule has 58 heavy (non-hydrogen) atoms. The second-order valence-corrected chi connectivity index (χ2v) is 15.2. The molecule has 316 valence electrons. The number of amides is 1. The van der Waals surface area contributed by atoms with Gasteiger partial charge >= 0.3 is 18.1 Å². The van der Waals surface area contributed by atoms with Crippen LogP contribution in [-0.2, 0) is 49.2 Å².